The Morgan fingerprint density at radius 1 is 1.24 bits per heavy atom. The van der Waals surface area contributed by atoms with Crippen LogP contribution in [0.1, 0.15) is 0 Å². The van der Waals surface area contributed by atoms with Crippen LogP contribution in [0.2, 0.25) is 5.02 Å². The molecule has 0 aliphatic carbocycles. The normalized spacial score (nSPS) is 12.5. The Morgan fingerprint density at radius 3 is 2.68 bits per heavy atom. The molecule has 2 aromatic heterocycles. The van der Waals surface area contributed by atoms with Crippen LogP contribution in [0.5, 0.6) is 0 Å². The molecule has 9 heteroatoms. The second-order valence-electron chi connectivity index (χ2n) is 5.79. The fourth-order valence-corrected chi connectivity index (χ4v) is 2.86. The molecule has 0 spiro atoms. The van der Waals surface area contributed by atoms with Crippen LogP contribution in [-0.4, -0.2) is 36.4 Å². The highest BCUT2D eigenvalue weighted by Crippen LogP contribution is 2.20. The van der Waals surface area contributed by atoms with Crippen LogP contribution in [0.15, 0.2) is 40.2 Å². The van der Waals surface area contributed by atoms with E-state index in [1.807, 2.05) is 18.2 Å². The second-order valence-corrected chi connectivity index (χ2v) is 6.20. The molecule has 0 radical (unpaired) electrons. The van der Waals surface area contributed by atoms with Crippen LogP contribution in [-0.2, 0) is 20.6 Å². The first-order valence-electron chi connectivity index (χ1n) is 7.67. The predicted molar refractivity (Wildman–Crippen MR) is 96.2 cm³/mol. The maximum Gasteiger partial charge on any atom is 0.332 e. The van der Waals surface area contributed by atoms with Gasteiger partial charge >= 0.3 is 5.69 Å². The summed E-state index contributed by atoms with van der Waals surface area (Å²) in [7, 11) is 2.97. The van der Waals surface area contributed by atoms with E-state index in [-0.39, 0.29) is 18.6 Å². The molecule has 3 aromatic rings. The van der Waals surface area contributed by atoms with Gasteiger partial charge in [-0.25, -0.2) is 9.78 Å². The van der Waals surface area contributed by atoms with Crippen molar-refractivity contribution in [2.75, 3.05) is 11.9 Å². The van der Waals surface area contributed by atoms with Crippen LogP contribution in [0.4, 0.5) is 5.69 Å². The van der Waals surface area contributed by atoms with E-state index in [2.05, 4.69) is 10.3 Å². The van der Waals surface area contributed by atoms with Gasteiger partial charge in [-0.15, -0.1) is 0 Å². The SMILES string of the molecule is Cn1c(=O)c2c(ncn2CC(O)CNc2ccccc2Cl)n(C)c1=O. The lowest BCUT2D eigenvalue weighted by molar-refractivity contribution is 0.168. The number of imidazole rings is 1. The molecule has 0 fully saturated rings. The number of hydrogen-bond donors (Lipinski definition) is 2. The summed E-state index contributed by atoms with van der Waals surface area (Å²) in [6.07, 6.45) is 0.667. The Labute approximate surface area is 147 Å². The minimum atomic E-state index is -0.782. The summed E-state index contributed by atoms with van der Waals surface area (Å²) >= 11 is 6.06. The number of rotatable bonds is 5. The minimum Gasteiger partial charge on any atom is -0.389 e. The van der Waals surface area contributed by atoms with Gasteiger partial charge in [0, 0.05) is 20.6 Å². The number of aryl methyl sites for hydroxylation is 1. The van der Waals surface area contributed by atoms with Crippen molar-refractivity contribution in [1.29, 1.82) is 0 Å². The van der Waals surface area contributed by atoms with Gasteiger partial charge < -0.3 is 15.0 Å². The highest BCUT2D eigenvalue weighted by atomic mass is 35.5. The number of fused-ring (bicyclic) bond motifs is 1. The van der Waals surface area contributed by atoms with E-state index in [9.17, 15) is 14.7 Å². The zero-order valence-electron chi connectivity index (χ0n) is 13.8. The first-order chi connectivity index (χ1) is 11.9. The van der Waals surface area contributed by atoms with E-state index >= 15 is 0 Å². The molecule has 2 heterocycles. The molecule has 0 bridgehead atoms. The molecular weight excluding hydrogens is 346 g/mol. The summed E-state index contributed by atoms with van der Waals surface area (Å²) in [6.45, 7) is 0.400. The van der Waals surface area contributed by atoms with E-state index in [4.69, 9.17) is 11.6 Å². The molecule has 0 saturated heterocycles. The van der Waals surface area contributed by atoms with Crippen molar-refractivity contribution in [2.45, 2.75) is 12.6 Å². The van der Waals surface area contributed by atoms with Crippen LogP contribution in [0.25, 0.3) is 11.2 Å². The van der Waals surface area contributed by atoms with Gasteiger partial charge in [0.1, 0.15) is 0 Å². The van der Waals surface area contributed by atoms with E-state index in [0.717, 1.165) is 10.3 Å². The van der Waals surface area contributed by atoms with Gasteiger partial charge in [-0.05, 0) is 12.1 Å². The van der Waals surface area contributed by atoms with Gasteiger partial charge in [0.2, 0.25) is 0 Å². The van der Waals surface area contributed by atoms with Crippen molar-refractivity contribution < 1.29 is 5.11 Å². The minimum absolute atomic E-state index is 0.154. The first-order valence-corrected chi connectivity index (χ1v) is 8.05. The molecule has 1 aromatic carbocycles. The molecule has 25 heavy (non-hydrogen) atoms. The van der Waals surface area contributed by atoms with E-state index < -0.39 is 17.4 Å². The van der Waals surface area contributed by atoms with Crippen LogP contribution >= 0.6 is 11.6 Å². The van der Waals surface area contributed by atoms with Gasteiger partial charge in [0.25, 0.3) is 5.56 Å². The Kier molecular flexibility index (Phi) is 4.65. The number of anilines is 1. The monoisotopic (exact) mass is 363 g/mol. The topological polar surface area (TPSA) is 94.1 Å². The third kappa shape index (κ3) is 3.18. The lowest BCUT2D eigenvalue weighted by atomic mass is 10.3. The fraction of sp³-hybridized carbons (Fsp3) is 0.312. The molecule has 3 rings (SSSR count). The van der Waals surface area contributed by atoms with Crippen LogP contribution in [0, 0.1) is 0 Å². The number of nitrogens with zero attached hydrogens (tertiary/aromatic N) is 4. The molecule has 132 valence electrons. The standard InChI is InChI=1S/C16H18ClN5O3/c1-20-14-13(15(24)21(2)16(20)25)22(9-19-14)8-10(23)7-18-12-6-4-3-5-11(12)17/h3-6,9-10,18,23H,7-8H2,1-2H3. The Hall–Kier alpha value is -2.58. The largest absolute Gasteiger partial charge is 0.389 e. The number of para-hydroxylation sites is 1. The van der Waals surface area contributed by atoms with Crippen molar-refractivity contribution in [3.63, 3.8) is 0 Å². The average Bonchev–Trinajstić information content (AvgIpc) is 3.01. The van der Waals surface area contributed by atoms with Crippen molar-refractivity contribution in [1.82, 2.24) is 18.7 Å². The average molecular weight is 364 g/mol. The van der Waals surface area contributed by atoms with Gasteiger partial charge in [0.05, 0.1) is 29.7 Å². The number of aromatic nitrogens is 4. The van der Waals surface area contributed by atoms with Gasteiger partial charge in [0.15, 0.2) is 11.2 Å². The third-order valence-electron chi connectivity index (χ3n) is 4.03. The van der Waals surface area contributed by atoms with Crippen LogP contribution < -0.4 is 16.6 Å². The third-order valence-corrected chi connectivity index (χ3v) is 4.36. The molecule has 0 aliphatic heterocycles. The number of halogens is 1. The Balaban J connectivity index is 1.83. The first kappa shape index (κ1) is 17.2. The quantitative estimate of drug-likeness (QED) is 0.690. The fourth-order valence-electron chi connectivity index (χ4n) is 2.66. The number of nitrogens with one attached hydrogen (secondary N) is 1. The van der Waals surface area contributed by atoms with E-state index in [1.54, 1.807) is 17.7 Å². The predicted octanol–water partition coefficient (Wildman–Crippen LogP) is 0.560. The summed E-state index contributed by atoms with van der Waals surface area (Å²) in [6, 6.07) is 7.23. The molecule has 0 saturated carbocycles. The summed E-state index contributed by atoms with van der Waals surface area (Å²) < 4.78 is 3.88. The number of benzene rings is 1. The molecule has 0 amide bonds. The van der Waals surface area contributed by atoms with Crippen molar-refractivity contribution in [2.24, 2.45) is 14.1 Å². The van der Waals surface area contributed by atoms with Crippen molar-refractivity contribution in [3.8, 4) is 0 Å². The Bertz CT molecular complexity index is 1040. The molecule has 2 N–H and O–H groups in total. The van der Waals surface area contributed by atoms with Crippen LogP contribution in [0.3, 0.4) is 0 Å². The summed E-state index contributed by atoms with van der Waals surface area (Å²) in [5, 5.41) is 13.9. The zero-order chi connectivity index (χ0) is 18.1. The maximum atomic E-state index is 12.4. The van der Waals surface area contributed by atoms with E-state index in [1.165, 1.54) is 17.9 Å². The van der Waals surface area contributed by atoms with Gasteiger partial charge in [-0.2, -0.15) is 0 Å². The molecule has 8 nitrogen and oxygen atoms in total. The summed E-state index contributed by atoms with van der Waals surface area (Å²) in [5.41, 5.74) is 0.406. The highest BCUT2D eigenvalue weighted by Gasteiger charge is 2.16. The number of hydrogen-bond acceptors (Lipinski definition) is 5. The summed E-state index contributed by atoms with van der Waals surface area (Å²) in [4.78, 5) is 28.4. The molecule has 0 aliphatic rings. The smallest absolute Gasteiger partial charge is 0.332 e. The van der Waals surface area contributed by atoms with Crippen molar-refractivity contribution >= 4 is 28.5 Å². The number of aliphatic hydroxyl groups excluding tert-OH is 1. The summed E-state index contributed by atoms with van der Waals surface area (Å²) in [5.74, 6) is 0. The van der Waals surface area contributed by atoms with Gasteiger partial charge in [-0.1, -0.05) is 23.7 Å². The Morgan fingerprint density at radius 2 is 1.96 bits per heavy atom. The highest BCUT2D eigenvalue weighted by molar-refractivity contribution is 6.33. The molecule has 1 unspecified atom stereocenters. The second kappa shape index (κ2) is 6.73. The lowest BCUT2D eigenvalue weighted by Gasteiger charge is -2.15. The van der Waals surface area contributed by atoms with E-state index in [0.29, 0.717) is 10.7 Å². The molecular formula is C16H18ClN5O3. The molecule has 1 atom stereocenters. The van der Waals surface area contributed by atoms with Crippen molar-refractivity contribution in [3.05, 3.63) is 56.5 Å². The lowest BCUT2D eigenvalue weighted by Crippen LogP contribution is -2.38. The maximum absolute atomic E-state index is 12.4. The zero-order valence-corrected chi connectivity index (χ0v) is 14.6. The van der Waals surface area contributed by atoms with Gasteiger partial charge in [-0.3, -0.25) is 13.9 Å². The number of aliphatic hydroxyl groups is 1.